The lowest BCUT2D eigenvalue weighted by molar-refractivity contribution is 0.370. The maximum Gasteiger partial charge on any atom is 0.148 e. The van der Waals surface area contributed by atoms with E-state index in [0.717, 1.165) is 5.75 Å². The Morgan fingerprint density at radius 2 is 2.00 bits per heavy atom. The van der Waals surface area contributed by atoms with Gasteiger partial charge in [-0.05, 0) is 46.9 Å². The van der Waals surface area contributed by atoms with Crippen molar-refractivity contribution >= 4 is 22.6 Å². The largest absolute Gasteiger partial charge is 0.481 e. The van der Waals surface area contributed by atoms with E-state index in [4.69, 9.17) is 11.2 Å². The highest BCUT2D eigenvalue weighted by atomic mass is 127. The second kappa shape index (κ2) is 4.24. The molecular weight excluding hydrogens is 251 g/mol. The van der Waals surface area contributed by atoms with Gasteiger partial charge in [0.05, 0.1) is 0 Å². The van der Waals surface area contributed by atoms with Crippen molar-refractivity contribution < 1.29 is 4.74 Å². The summed E-state index contributed by atoms with van der Waals surface area (Å²) < 4.78 is 6.36. The summed E-state index contributed by atoms with van der Waals surface area (Å²) in [6, 6.07) is 7.76. The summed E-state index contributed by atoms with van der Waals surface area (Å²) in [5.74, 6) is 3.23. The first-order chi connectivity index (χ1) is 5.33. The predicted octanol–water partition coefficient (Wildman–Crippen LogP) is 2.30. The molecule has 1 aromatic rings. The monoisotopic (exact) mass is 258 g/mol. The fraction of sp³-hybridized carbons (Fsp3) is 0.111. The highest BCUT2D eigenvalue weighted by Gasteiger charge is 1.89. The van der Waals surface area contributed by atoms with Crippen LogP contribution in [0.15, 0.2) is 24.3 Å². The van der Waals surface area contributed by atoms with Gasteiger partial charge in [-0.25, -0.2) is 0 Å². The van der Waals surface area contributed by atoms with Crippen molar-refractivity contribution in [3.05, 3.63) is 27.8 Å². The highest BCUT2D eigenvalue weighted by Crippen LogP contribution is 2.12. The summed E-state index contributed by atoms with van der Waals surface area (Å²) in [4.78, 5) is 0. The Hall–Kier alpha value is -0.690. The van der Waals surface area contributed by atoms with E-state index in [1.54, 1.807) is 0 Å². The molecule has 0 unspecified atom stereocenters. The Kier molecular flexibility index (Phi) is 3.24. The Morgan fingerprint density at radius 3 is 2.55 bits per heavy atom. The molecule has 0 bridgehead atoms. The molecule has 1 nitrogen and oxygen atoms in total. The Morgan fingerprint density at radius 1 is 1.36 bits per heavy atom. The van der Waals surface area contributed by atoms with Crippen LogP contribution in [0.3, 0.4) is 0 Å². The van der Waals surface area contributed by atoms with E-state index < -0.39 is 0 Å². The van der Waals surface area contributed by atoms with Crippen molar-refractivity contribution in [3.8, 4) is 18.1 Å². The topological polar surface area (TPSA) is 9.23 Å². The van der Waals surface area contributed by atoms with Crippen LogP contribution in [0.25, 0.3) is 0 Å². The fourth-order valence-electron chi connectivity index (χ4n) is 0.656. The van der Waals surface area contributed by atoms with Crippen molar-refractivity contribution in [3.63, 3.8) is 0 Å². The lowest BCUT2D eigenvalue weighted by Gasteiger charge is -2.00. The molecule has 0 spiro atoms. The second-order valence-corrected chi connectivity index (χ2v) is 3.19. The summed E-state index contributed by atoms with van der Waals surface area (Å²) in [5, 5.41) is 0. The molecule has 0 heterocycles. The standard InChI is InChI=1S/C9H7IO/c1-2-7-11-9-5-3-8(10)4-6-9/h1,3-6H,7H2. The second-order valence-electron chi connectivity index (χ2n) is 1.95. The van der Waals surface area contributed by atoms with Crippen LogP contribution in [0.5, 0.6) is 5.75 Å². The number of halogens is 1. The smallest absolute Gasteiger partial charge is 0.148 e. The van der Waals surface area contributed by atoms with Gasteiger partial charge in [-0.2, -0.15) is 0 Å². The zero-order valence-electron chi connectivity index (χ0n) is 5.88. The van der Waals surface area contributed by atoms with E-state index in [0.29, 0.717) is 6.61 Å². The molecular formula is C9H7IO. The molecule has 0 radical (unpaired) electrons. The molecule has 56 valence electrons. The molecule has 0 aliphatic rings. The van der Waals surface area contributed by atoms with Gasteiger partial charge in [0, 0.05) is 3.57 Å². The molecule has 0 saturated heterocycles. The van der Waals surface area contributed by atoms with E-state index >= 15 is 0 Å². The Balaban J connectivity index is 2.60. The molecule has 1 aromatic carbocycles. The van der Waals surface area contributed by atoms with E-state index in [1.165, 1.54) is 3.57 Å². The molecule has 0 aliphatic heterocycles. The summed E-state index contributed by atoms with van der Waals surface area (Å²) in [5.41, 5.74) is 0. The minimum atomic E-state index is 0.334. The molecule has 0 aromatic heterocycles. The summed E-state index contributed by atoms with van der Waals surface area (Å²) in [7, 11) is 0. The van der Waals surface area contributed by atoms with Crippen LogP contribution in [0, 0.1) is 15.9 Å². The highest BCUT2D eigenvalue weighted by molar-refractivity contribution is 14.1. The zero-order valence-corrected chi connectivity index (χ0v) is 8.04. The molecule has 0 aliphatic carbocycles. The normalized spacial score (nSPS) is 8.73. The van der Waals surface area contributed by atoms with Gasteiger partial charge in [-0.15, -0.1) is 6.42 Å². The average Bonchev–Trinajstić information content (AvgIpc) is 2.04. The average molecular weight is 258 g/mol. The minimum absolute atomic E-state index is 0.334. The van der Waals surface area contributed by atoms with Crippen molar-refractivity contribution in [1.29, 1.82) is 0 Å². The molecule has 0 saturated carbocycles. The van der Waals surface area contributed by atoms with E-state index in [2.05, 4.69) is 28.5 Å². The lowest BCUT2D eigenvalue weighted by atomic mass is 10.3. The number of ether oxygens (including phenoxy) is 1. The maximum atomic E-state index is 5.17. The van der Waals surface area contributed by atoms with Crippen LogP contribution in [-0.4, -0.2) is 6.61 Å². The van der Waals surface area contributed by atoms with E-state index in [9.17, 15) is 0 Å². The van der Waals surface area contributed by atoms with Crippen LogP contribution in [-0.2, 0) is 0 Å². The SMILES string of the molecule is C#CCOc1ccc(I)cc1. The Labute approximate surface area is 79.9 Å². The van der Waals surface area contributed by atoms with Gasteiger partial charge in [0.2, 0.25) is 0 Å². The molecule has 1 rings (SSSR count). The minimum Gasteiger partial charge on any atom is -0.481 e. The zero-order chi connectivity index (χ0) is 8.10. The molecule has 0 atom stereocenters. The number of benzene rings is 1. The Bertz CT molecular complexity index is 258. The van der Waals surface area contributed by atoms with Crippen LogP contribution in [0.1, 0.15) is 0 Å². The first kappa shape index (κ1) is 8.41. The predicted molar refractivity (Wildman–Crippen MR) is 53.5 cm³/mol. The lowest BCUT2D eigenvalue weighted by Crippen LogP contribution is -1.92. The van der Waals surface area contributed by atoms with Gasteiger partial charge >= 0.3 is 0 Å². The van der Waals surface area contributed by atoms with Gasteiger partial charge in [0.1, 0.15) is 12.4 Å². The van der Waals surface area contributed by atoms with Crippen molar-refractivity contribution in [1.82, 2.24) is 0 Å². The molecule has 11 heavy (non-hydrogen) atoms. The van der Waals surface area contributed by atoms with Crippen molar-refractivity contribution in [2.45, 2.75) is 0 Å². The van der Waals surface area contributed by atoms with Crippen LogP contribution < -0.4 is 4.74 Å². The summed E-state index contributed by atoms with van der Waals surface area (Å²) in [6.07, 6.45) is 5.03. The molecule has 0 amide bonds. The van der Waals surface area contributed by atoms with Gasteiger partial charge < -0.3 is 4.74 Å². The van der Waals surface area contributed by atoms with Gasteiger partial charge in [0.15, 0.2) is 0 Å². The molecule has 2 heteroatoms. The van der Waals surface area contributed by atoms with Crippen LogP contribution in [0.4, 0.5) is 0 Å². The number of rotatable bonds is 2. The number of hydrogen-bond acceptors (Lipinski definition) is 1. The summed E-state index contributed by atoms with van der Waals surface area (Å²) in [6.45, 7) is 0.334. The third-order valence-electron chi connectivity index (χ3n) is 1.14. The first-order valence-corrected chi connectivity index (χ1v) is 4.22. The van der Waals surface area contributed by atoms with E-state index in [-0.39, 0.29) is 0 Å². The van der Waals surface area contributed by atoms with Gasteiger partial charge in [-0.1, -0.05) is 5.92 Å². The fourth-order valence-corrected chi connectivity index (χ4v) is 1.02. The quantitative estimate of drug-likeness (QED) is 0.584. The summed E-state index contributed by atoms with van der Waals surface area (Å²) >= 11 is 2.24. The van der Waals surface area contributed by atoms with Crippen LogP contribution in [0.2, 0.25) is 0 Å². The number of hydrogen-bond donors (Lipinski definition) is 0. The van der Waals surface area contributed by atoms with Gasteiger partial charge in [-0.3, -0.25) is 0 Å². The van der Waals surface area contributed by atoms with Crippen molar-refractivity contribution in [2.75, 3.05) is 6.61 Å². The molecule has 0 fully saturated rings. The van der Waals surface area contributed by atoms with Crippen molar-refractivity contribution in [2.24, 2.45) is 0 Å². The third-order valence-corrected chi connectivity index (χ3v) is 1.85. The third kappa shape index (κ3) is 2.81. The van der Waals surface area contributed by atoms with Crippen LogP contribution >= 0.6 is 22.6 Å². The molecule has 0 N–H and O–H groups in total. The first-order valence-electron chi connectivity index (χ1n) is 3.15. The number of terminal acetylenes is 1. The maximum absolute atomic E-state index is 5.17. The van der Waals surface area contributed by atoms with E-state index in [1.807, 2.05) is 24.3 Å². The van der Waals surface area contributed by atoms with Gasteiger partial charge in [0.25, 0.3) is 0 Å².